The molecular formula is C15H14N4O. The number of hydrogen-bond donors (Lipinski definition) is 1. The molecule has 2 aromatic rings. The van der Waals surface area contributed by atoms with Gasteiger partial charge in [-0.25, -0.2) is 15.1 Å². The van der Waals surface area contributed by atoms with Crippen LogP contribution in [0, 0.1) is 17.9 Å². The van der Waals surface area contributed by atoms with Crippen molar-refractivity contribution >= 4 is 11.0 Å². The van der Waals surface area contributed by atoms with Gasteiger partial charge in [-0.2, -0.15) is 0 Å². The van der Waals surface area contributed by atoms with Gasteiger partial charge in [0.05, 0.1) is 24.1 Å². The number of H-pyrrole nitrogens is 1. The number of pyridine rings is 1. The summed E-state index contributed by atoms with van der Waals surface area (Å²) in [5, 5.41) is 9.67. The van der Waals surface area contributed by atoms with Crippen molar-refractivity contribution in [1.82, 2.24) is 9.97 Å². The summed E-state index contributed by atoms with van der Waals surface area (Å²) in [5.41, 5.74) is 1.79. The topological polar surface area (TPSA) is 66.1 Å². The third kappa shape index (κ3) is 2.78. The predicted octanol–water partition coefficient (Wildman–Crippen LogP) is 3.22. The van der Waals surface area contributed by atoms with Gasteiger partial charge in [-0.1, -0.05) is 6.08 Å². The average molecular weight is 266 g/mol. The van der Waals surface area contributed by atoms with E-state index in [0.717, 1.165) is 22.3 Å². The summed E-state index contributed by atoms with van der Waals surface area (Å²) in [6, 6.07) is 3.68. The molecule has 2 rings (SSSR count). The molecule has 0 spiro atoms. The maximum Gasteiger partial charge on any atom is 0.258 e. The zero-order valence-corrected chi connectivity index (χ0v) is 11.3. The average Bonchev–Trinajstić information content (AvgIpc) is 2.84. The van der Waals surface area contributed by atoms with E-state index in [0.29, 0.717) is 6.42 Å². The van der Waals surface area contributed by atoms with E-state index in [-0.39, 0.29) is 11.8 Å². The van der Waals surface area contributed by atoms with Gasteiger partial charge in [0.25, 0.3) is 5.70 Å². The monoisotopic (exact) mass is 266 g/mol. The molecule has 0 fully saturated rings. The first-order chi connectivity index (χ1) is 9.65. The van der Waals surface area contributed by atoms with E-state index >= 15 is 0 Å². The van der Waals surface area contributed by atoms with Crippen LogP contribution in [0.2, 0.25) is 0 Å². The second-order valence-corrected chi connectivity index (χ2v) is 4.53. The fraction of sp³-hybridized carbons (Fsp3) is 0.267. The highest BCUT2D eigenvalue weighted by Crippen LogP contribution is 2.28. The smallest absolute Gasteiger partial charge is 0.258 e. The van der Waals surface area contributed by atoms with Crippen LogP contribution < -0.4 is 4.74 Å². The number of aromatic nitrogens is 2. The van der Waals surface area contributed by atoms with Gasteiger partial charge in [-0.05, 0) is 31.9 Å². The molecule has 5 heteroatoms. The van der Waals surface area contributed by atoms with Crippen molar-refractivity contribution in [3.05, 3.63) is 47.2 Å². The molecule has 0 saturated heterocycles. The van der Waals surface area contributed by atoms with Crippen LogP contribution in [-0.2, 0) is 6.42 Å². The van der Waals surface area contributed by atoms with Gasteiger partial charge >= 0.3 is 0 Å². The molecule has 1 N–H and O–H groups in total. The summed E-state index contributed by atoms with van der Waals surface area (Å²) >= 11 is 0. The largest absolute Gasteiger partial charge is 0.490 e. The lowest BCUT2D eigenvalue weighted by atomic mass is 10.1. The highest BCUT2D eigenvalue weighted by Gasteiger charge is 2.11. The Morgan fingerprint density at radius 2 is 2.45 bits per heavy atom. The summed E-state index contributed by atoms with van der Waals surface area (Å²) in [6.07, 6.45) is 5.69. The Labute approximate surface area is 117 Å². The minimum Gasteiger partial charge on any atom is -0.490 e. The van der Waals surface area contributed by atoms with E-state index in [9.17, 15) is 0 Å². The Kier molecular flexibility index (Phi) is 4.02. The molecule has 100 valence electrons. The highest BCUT2D eigenvalue weighted by atomic mass is 16.5. The summed E-state index contributed by atoms with van der Waals surface area (Å²) in [6.45, 7) is 10.8. The van der Waals surface area contributed by atoms with Crippen molar-refractivity contribution in [3.63, 3.8) is 0 Å². The van der Waals surface area contributed by atoms with Crippen molar-refractivity contribution in [3.8, 4) is 11.8 Å². The molecule has 5 nitrogen and oxygen atoms in total. The standard InChI is InChI=1S/C15H14N4O/c1-10(2)20-13-6-7-18-15-14(13)11(9-19-15)4-5-12(8-16)17-3/h5-7,9-10H,4H2,1-2H3,(H,18,19)/b12-5-. The van der Waals surface area contributed by atoms with Crippen LogP contribution in [-0.4, -0.2) is 16.1 Å². The molecule has 0 saturated carbocycles. The van der Waals surface area contributed by atoms with Crippen LogP contribution in [0.25, 0.3) is 15.9 Å². The quantitative estimate of drug-likeness (QED) is 0.682. The summed E-state index contributed by atoms with van der Waals surface area (Å²) in [4.78, 5) is 10.5. The number of rotatable bonds is 4. The molecule has 20 heavy (non-hydrogen) atoms. The minimum absolute atomic E-state index is 0.0665. The van der Waals surface area contributed by atoms with Crippen molar-refractivity contribution in [2.75, 3.05) is 0 Å². The SMILES string of the molecule is [C-]#[N+]/C(C#N)=C\Cc1c[nH]c2nccc(OC(C)C)c12. The number of nitrogens with zero attached hydrogens (tertiary/aromatic N) is 3. The van der Waals surface area contributed by atoms with E-state index in [1.54, 1.807) is 12.3 Å². The van der Waals surface area contributed by atoms with Crippen molar-refractivity contribution in [1.29, 1.82) is 5.26 Å². The first-order valence-electron chi connectivity index (χ1n) is 6.25. The molecule has 0 amide bonds. The maximum absolute atomic E-state index is 8.76. The second-order valence-electron chi connectivity index (χ2n) is 4.53. The third-order valence-electron chi connectivity index (χ3n) is 2.73. The first-order valence-corrected chi connectivity index (χ1v) is 6.25. The molecule has 0 aliphatic rings. The zero-order valence-electron chi connectivity index (χ0n) is 11.3. The Hall–Kier alpha value is -2.79. The fourth-order valence-electron chi connectivity index (χ4n) is 1.93. The Bertz CT molecular complexity index is 712. The molecule has 0 bridgehead atoms. The van der Waals surface area contributed by atoms with Crippen LogP contribution in [0.4, 0.5) is 0 Å². The Balaban J connectivity index is 2.43. The fourth-order valence-corrected chi connectivity index (χ4v) is 1.93. The molecule has 2 heterocycles. The van der Waals surface area contributed by atoms with Gasteiger partial charge in [0.15, 0.2) is 0 Å². The third-order valence-corrected chi connectivity index (χ3v) is 2.73. The van der Waals surface area contributed by atoms with Crippen LogP contribution in [0.5, 0.6) is 5.75 Å². The molecule has 2 aromatic heterocycles. The van der Waals surface area contributed by atoms with Crippen LogP contribution in [0.3, 0.4) is 0 Å². The number of aromatic amines is 1. The van der Waals surface area contributed by atoms with E-state index in [2.05, 4.69) is 14.8 Å². The van der Waals surface area contributed by atoms with Crippen molar-refractivity contribution in [2.45, 2.75) is 26.4 Å². The van der Waals surface area contributed by atoms with E-state index in [4.69, 9.17) is 16.6 Å². The molecule has 0 radical (unpaired) electrons. The number of ether oxygens (including phenoxy) is 1. The summed E-state index contributed by atoms with van der Waals surface area (Å²) in [5.74, 6) is 0.760. The number of fused-ring (bicyclic) bond motifs is 1. The molecule has 0 aliphatic carbocycles. The molecule has 0 atom stereocenters. The number of hydrogen-bond acceptors (Lipinski definition) is 3. The summed E-state index contributed by atoms with van der Waals surface area (Å²) < 4.78 is 5.78. The molecule has 0 aromatic carbocycles. The van der Waals surface area contributed by atoms with Crippen LogP contribution in [0.1, 0.15) is 19.4 Å². The van der Waals surface area contributed by atoms with Crippen molar-refractivity contribution in [2.24, 2.45) is 0 Å². The normalized spacial score (nSPS) is 11.3. The lowest BCUT2D eigenvalue weighted by molar-refractivity contribution is 0.245. The zero-order chi connectivity index (χ0) is 14.5. The van der Waals surface area contributed by atoms with Gasteiger partial charge in [-0.3, -0.25) is 0 Å². The number of nitrogens with one attached hydrogen (secondary N) is 1. The van der Waals surface area contributed by atoms with Gasteiger partial charge in [0, 0.05) is 12.4 Å². The van der Waals surface area contributed by atoms with Gasteiger partial charge in [0.1, 0.15) is 11.4 Å². The van der Waals surface area contributed by atoms with E-state index < -0.39 is 0 Å². The number of nitriles is 1. The molecule has 0 aliphatic heterocycles. The Morgan fingerprint density at radius 1 is 1.65 bits per heavy atom. The van der Waals surface area contributed by atoms with Gasteiger partial charge in [0.2, 0.25) is 0 Å². The first kappa shape index (κ1) is 13.6. The molecular weight excluding hydrogens is 252 g/mol. The van der Waals surface area contributed by atoms with E-state index in [1.165, 1.54) is 0 Å². The van der Waals surface area contributed by atoms with E-state index in [1.807, 2.05) is 32.2 Å². The van der Waals surface area contributed by atoms with Crippen molar-refractivity contribution < 1.29 is 4.74 Å². The predicted molar refractivity (Wildman–Crippen MR) is 75.9 cm³/mol. The van der Waals surface area contributed by atoms with Gasteiger partial charge < -0.3 is 9.72 Å². The molecule has 0 unspecified atom stereocenters. The maximum atomic E-state index is 8.76. The highest BCUT2D eigenvalue weighted by molar-refractivity contribution is 5.86. The number of allylic oxidation sites excluding steroid dienone is 2. The minimum atomic E-state index is 0.0665. The van der Waals surface area contributed by atoms with Crippen LogP contribution in [0.15, 0.2) is 30.2 Å². The second kappa shape index (κ2) is 5.90. The lowest BCUT2D eigenvalue weighted by Crippen LogP contribution is -2.06. The Morgan fingerprint density at radius 3 is 3.10 bits per heavy atom. The van der Waals surface area contributed by atoms with Crippen LogP contribution >= 0.6 is 0 Å². The lowest BCUT2D eigenvalue weighted by Gasteiger charge is -2.11. The van der Waals surface area contributed by atoms with Gasteiger partial charge in [-0.15, -0.1) is 0 Å². The summed E-state index contributed by atoms with van der Waals surface area (Å²) in [7, 11) is 0.